The average molecular weight is 487 g/mol. The van der Waals surface area contributed by atoms with Crippen molar-refractivity contribution in [1.82, 2.24) is 0 Å². The Kier molecular flexibility index (Phi) is 6.80. The summed E-state index contributed by atoms with van der Waals surface area (Å²) in [5, 5.41) is 20.9. The van der Waals surface area contributed by atoms with Crippen LogP contribution < -0.4 is 0 Å². The number of hydrogen-bond acceptors (Lipinski definition) is 2. The zero-order chi connectivity index (χ0) is 25.3. The highest BCUT2D eigenvalue weighted by Gasteiger charge is 2.68. The Hall–Kier alpha value is -0.290. The van der Waals surface area contributed by atoms with Crippen molar-refractivity contribution < 1.29 is 23.4 Å². The van der Waals surface area contributed by atoms with Crippen LogP contribution in [0.5, 0.6) is 0 Å². The van der Waals surface area contributed by atoms with Gasteiger partial charge in [0.1, 0.15) is 0 Å². The number of halogens is 3. The molecule has 0 spiro atoms. The Balaban J connectivity index is 1.51. The molecule has 0 aromatic rings. The van der Waals surface area contributed by atoms with Gasteiger partial charge in [-0.15, -0.1) is 0 Å². The molecule has 34 heavy (non-hydrogen) atoms. The van der Waals surface area contributed by atoms with E-state index in [1.165, 1.54) is 19.3 Å². The first-order valence-electron chi connectivity index (χ1n) is 14.1. The van der Waals surface area contributed by atoms with E-state index in [2.05, 4.69) is 34.6 Å². The lowest BCUT2D eigenvalue weighted by atomic mass is 9.39. The quantitative estimate of drug-likeness (QED) is 0.417. The Bertz CT molecular complexity index is 752. The molecule has 198 valence electrons. The van der Waals surface area contributed by atoms with E-state index in [9.17, 15) is 23.4 Å². The van der Waals surface area contributed by atoms with Crippen molar-refractivity contribution in [3.8, 4) is 0 Å². The van der Waals surface area contributed by atoms with Crippen molar-refractivity contribution in [2.24, 2.45) is 51.8 Å². The van der Waals surface area contributed by atoms with Crippen LogP contribution in [0.1, 0.15) is 112 Å². The summed E-state index contributed by atoms with van der Waals surface area (Å²) in [6, 6.07) is 0. The van der Waals surface area contributed by atoms with Crippen LogP contribution in [-0.2, 0) is 0 Å². The van der Waals surface area contributed by atoms with Gasteiger partial charge in [0.05, 0.1) is 6.10 Å². The van der Waals surface area contributed by atoms with Gasteiger partial charge in [-0.05, 0) is 122 Å². The summed E-state index contributed by atoms with van der Waals surface area (Å²) in [7, 11) is 0. The minimum Gasteiger partial charge on any atom is -0.393 e. The predicted octanol–water partition coefficient (Wildman–Crippen LogP) is 7.76. The first-order chi connectivity index (χ1) is 15.6. The third kappa shape index (κ3) is 3.98. The van der Waals surface area contributed by atoms with Gasteiger partial charge in [0.15, 0.2) is 5.60 Å². The molecule has 4 fully saturated rings. The van der Waals surface area contributed by atoms with Gasteiger partial charge in [0.25, 0.3) is 0 Å². The van der Waals surface area contributed by atoms with Crippen molar-refractivity contribution in [3.63, 3.8) is 0 Å². The van der Waals surface area contributed by atoms with E-state index in [4.69, 9.17) is 0 Å². The summed E-state index contributed by atoms with van der Waals surface area (Å²) >= 11 is 0. The number of alkyl halides is 3. The second-order valence-electron chi connectivity index (χ2n) is 14.2. The van der Waals surface area contributed by atoms with Crippen molar-refractivity contribution in [2.45, 2.75) is 130 Å². The molecule has 0 aromatic heterocycles. The Morgan fingerprint density at radius 2 is 1.53 bits per heavy atom. The first kappa shape index (κ1) is 26.8. The van der Waals surface area contributed by atoms with E-state index in [1.54, 1.807) is 0 Å². The number of aliphatic hydroxyl groups excluding tert-OH is 1. The van der Waals surface area contributed by atoms with E-state index in [1.807, 2.05) is 6.92 Å². The fourth-order valence-electron chi connectivity index (χ4n) is 9.86. The lowest BCUT2D eigenvalue weighted by Gasteiger charge is -2.66. The highest BCUT2D eigenvalue weighted by atomic mass is 19.4. The molecule has 0 saturated heterocycles. The monoisotopic (exact) mass is 486 g/mol. The molecular formula is C29H49F3O2. The van der Waals surface area contributed by atoms with Crippen LogP contribution in [-0.4, -0.2) is 28.1 Å². The Labute approximate surface area is 205 Å². The molecule has 0 aliphatic heterocycles. The normalized spacial score (nSPS) is 48.7. The summed E-state index contributed by atoms with van der Waals surface area (Å²) in [6.45, 7) is 13.4. The van der Waals surface area contributed by atoms with Crippen molar-refractivity contribution >= 4 is 0 Å². The fourth-order valence-corrected chi connectivity index (χ4v) is 9.86. The predicted molar refractivity (Wildman–Crippen MR) is 130 cm³/mol. The van der Waals surface area contributed by atoms with E-state index in [0.29, 0.717) is 47.3 Å². The number of aliphatic hydroxyl groups is 2. The number of hydrogen-bond donors (Lipinski definition) is 2. The zero-order valence-electron chi connectivity index (χ0n) is 22.3. The largest absolute Gasteiger partial charge is 0.417 e. The Morgan fingerprint density at radius 1 is 0.853 bits per heavy atom. The van der Waals surface area contributed by atoms with Gasteiger partial charge >= 0.3 is 6.18 Å². The minimum absolute atomic E-state index is 0.125. The molecule has 0 bridgehead atoms. The molecular weight excluding hydrogens is 437 g/mol. The van der Waals surface area contributed by atoms with Crippen LogP contribution in [0, 0.1) is 51.8 Å². The van der Waals surface area contributed by atoms with E-state index in [-0.39, 0.29) is 24.4 Å². The van der Waals surface area contributed by atoms with Gasteiger partial charge in [-0.25, -0.2) is 0 Å². The number of fused-ring (bicyclic) bond motifs is 5. The van der Waals surface area contributed by atoms with Crippen LogP contribution in [0.25, 0.3) is 0 Å². The summed E-state index contributed by atoms with van der Waals surface area (Å²) in [6.07, 6.45) is 4.00. The van der Waals surface area contributed by atoms with Gasteiger partial charge in [-0.1, -0.05) is 41.5 Å². The smallest absolute Gasteiger partial charge is 0.393 e. The lowest BCUT2D eigenvalue weighted by Crippen LogP contribution is -2.63. The third-order valence-corrected chi connectivity index (χ3v) is 12.4. The Morgan fingerprint density at radius 3 is 2.15 bits per heavy atom. The molecule has 0 heterocycles. The van der Waals surface area contributed by atoms with E-state index in [0.717, 1.165) is 32.1 Å². The maximum Gasteiger partial charge on any atom is 0.417 e. The molecule has 10 atom stereocenters. The highest BCUT2D eigenvalue weighted by Crippen LogP contribution is 2.72. The van der Waals surface area contributed by atoms with Gasteiger partial charge in [-0.3, -0.25) is 0 Å². The van der Waals surface area contributed by atoms with Crippen molar-refractivity contribution in [1.29, 1.82) is 0 Å². The maximum absolute atomic E-state index is 13.7. The van der Waals surface area contributed by atoms with Gasteiger partial charge in [0, 0.05) is 0 Å². The average Bonchev–Trinajstić information content (AvgIpc) is 3.09. The minimum atomic E-state index is -4.54. The molecule has 2 nitrogen and oxygen atoms in total. The molecule has 4 saturated carbocycles. The van der Waals surface area contributed by atoms with Gasteiger partial charge in [-0.2, -0.15) is 13.2 Å². The van der Waals surface area contributed by atoms with E-state index >= 15 is 0 Å². The van der Waals surface area contributed by atoms with Gasteiger partial charge < -0.3 is 10.2 Å². The van der Waals surface area contributed by atoms with Crippen LogP contribution in [0.4, 0.5) is 13.2 Å². The highest BCUT2D eigenvalue weighted by molar-refractivity contribution is 5.15. The molecule has 2 unspecified atom stereocenters. The zero-order valence-corrected chi connectivity index (χ0v) is 22.3. The van der Waals surface area contributed by atoms with Crippen molar-refractivity contribution in [2.75, 3.05) is 0 Å². The maximum atomic E-state index is 13.7. The van der Waals surface area contributed by atoms with Crippen LogP contribution >= 0.6 is 0 Å². The first-order valence-corrected chi connectivity index (χ1v) is 14.1. The molecule has 0 aromatic carbocycles. The van der Waals surface area contributed by atoms with Gasteiger partial charge in [0.2, 0.25) is 0 Å². The summed E-state index contributed by atoms with van der Waals surface area (Å²) in [5.74, 6) is 3.32. The second-order valence-corrected chi connectivity index (χ2v) is 14.2. The third-order valence-electron chi connectivity index (χ3n) is 12.4. The SMILES string of the molecule is CC(C)C(O)CC[C@@H](C)[C@H]1CC[C@H]2[C@@H]3CCC4(C)C[C@](O)(C(F)(F)F)CC[C@]4(C)[C@H]3CC[C@]12C. The topological polar surface area (TPSA) is 40.5 Å². The molecule has 0 radical (unpaired) electrons. The second kappa shape index (κ2) is 8.64. The van der Waals surface area contributed by atoms with E-state index < -0.39 is 17.2 Å². The van der Waals surface area contributed by atoms with Crippen LogP contribution in [0.15, 0.2) is 0 Å². The van der Waals surface area contributed by atoms with Crippen LogP contribution in [0.2, 0.25) is 0 Å². The molecule has 4 aliphatic rings. The van der Waals surface area contributed by atoms with Crippen molar-refractivity contribution in [3.05, 3.63) is 0 Å². The number of rotatable bonds is 5. The molecule has 4 aliphatic carbocycles. The molecule has 4 rings (SSSR count). The molecule has 2 N–H and O–H groups in total. The van der Waals surface area contributed by atoms with Crippen LogP contribution in [0.3, 0.4) is 0 Å². The summed E-state index contributed by atoms with van der Waals surface area (Å²) in [5.41, 5.74) is -2.79. The molecule has 5 heteroatoms. The lowest BCUT2D eigenvalue weighted by molar-refractivity contribution is -0.303. The fraction of sp³-hybridized carbons (Fsp3) is 1.00. The summed E-state index contributed by atoms with van der Waals surface area (Å²) in [4.78, 5) is 0. The summed E-state index contributed by atoms with van der Waals surface area (Å²) < 4.78 is 41.2. The molecule has 0 amide bonds. The standard InChI is InChI=1S/C29H49F3O2/c1-18(2)24(33)10-7-19(3)21-8-9-22-20-11-13-25(4)17-28(34,29(30,31)32)16-15-27(25,6)23(20)12-14-26(21,22)5/h18-24,33-34H,7-17H2,1-6H3/t19-,20+,21-,22+,23+,24?,25?,26-,27-,28+/m1/s1.